The molecule has 0 N–H and O–H groups in total. The molecule has 0 spiro atoms. The van der Waals surface area contributed by atoms with Crippen molar-refractivity contribution in [1.82, 2.24) is 0 Å². The number of allylic oxidation sites excluding steroid dienone is 4. The molecule has 0 bridgehead atoms. The third kappa shape index (κ3) is 10.4. The lowest BCUT2D eigenvalue weighted by Gasteiger charge is -2.30. The van der Waals surface area contributed by atoms with Crippen molar-refractivity contribution in [1.29, 1.82) is 0 Å². The van der Waals surface area contributed by atoms with Crippen LogP contribution in [0.15, 0.2) is 23.3 Å². The van der Waals surface area contributed by atoms with Crippen molar-refractivity contribution < 1.29 is 8.85 Å². The van der Waals surface area contributed by atoms with E-state index in [1.54, 1.807) is 0 Å². The van der Waals surface area contributed by atoms with Crippen LogP contribution in [0, 0.1) is 0 Å². The molecule has 0 radical (unpaired) electrons. The van der Waals surface area contributed by atoms with E-state index < -0.39 is 8.56 Å². The smallest absolute Gasteiger partial charge is 0.339 e. The van der Waals surface area contributed by atoms with Gasteiger partial charge in [-0.05, 0) is 67.9 Å². The molecule has 0 aliphatic heterocycles. The van der Waals surface area contributed by atoms with Gasteiger partial charge in [0.25, 0.3) is 0 Å². The Morgan fingerprint density at radius 2 is 1.45 bits per heavy atom. The van der Waals surface area contributed by atoms with E-state index in [1.807, 2.05) is 0 Å². The molecule has 0 atom stereocenters. The van der Waals surface area contributed by atoms with Crippen molar-refractivity contribution in [2.24, 2.45) is 0 Å². The second-order valence-corrected chi connectivity index (χ2v) is 9.69. The van der Waals surface area contributed by atoms with E-state index in [-0.39, 0.29) is 12.2 Å². The van der Waals surface area contributed by atoms with Crippen molar-refractivity contribution in [3.63, 3.8) is 0 Å². The van der Waals surface area contributed by atoms with Crippen LogP contribution in [0.2, 0.25) is 12.6 Å². The molecule has 3 heteroatoms. The summed E-state index contributed by atoms with van der Waals surface area (Å²) in [6.07, 6.45) is 7.31. The lowest BCUT2D eigenvalue weighted by Crippen LogP contribution is -2.42. The minimum Gasteiger partial charge on any atom is -0.392 e. The van der Waals surface area contributed by atoms with Gasteiger partial charge in [0.2, 0.25) is 0 Å². The molecule has 0 aromatic carbocycles. The van der Waals surface area contributed by atoms with E-state index >= 15 is 0 Å². The van der Waals surface area contributed by atoms with Crippen LogP contribution in [-0.4, -0.2) is 20.8 Å². The van der Waals surface area contributed by atoms with E-state index in [0.29, 0.717) is 0 Å². The molecule has 0 aromatic heterocycles. The van der Waals surface area contributed by atoms with Gasteiger partial charge in [-0.25, -0.2) is 0 Å². The maximum absolute atomic E-state index is 6.10. The van der Waals surface area contributed by atoms with Gasteiger partial charge in [0.15, 0.2) is 0 Å². The fourth-order valence-electron chi connectivity index (χ4n) is 2.17. The minimum absolute atomic E-state index is 0.227. The first-order chi connectivity index (χ1) is 9.14. The summed E-state index contributed by atoms with van der Waals surface area (Å²) < 4.78 is 12.2. The molecule has 118 valence electrons. The highest BCUT2D eigenvalue weighted by molar-refractivity contribution is 6.66. The highest BCUT2D eigenvalue weighted by Gasteiger charge is 2.32. The van der Waals surface area contributed by atoms with Crippen LogP contribution in [0.1, 0.15) is 61.3 Å². The predicted octanol–water partition coefficient (Wildman–Crippen LogP) is 5.60. The summed E-state index contributed by atoms with van der Waals surface area (Å²) >= 11 is 0. The third-order valence-corrected chi connectivity index (χ3v) is 5.77. The Balaban J connectivity index is 4.53. The first kappa shape index (κ1) is 19.6. The molecule has 0 heterocycles. The number of hydrogen-bond acceptors (Lipinski definition) is 2. The molecule has 0 saturated carbocycles. The van der Waals surface area contributed by atoms with Crippen molar-refractivity contribution in [3.8, 4) is 0 Å². The Kier molecular flexibility index (Phi) is 9.35. The summed E-state index contributed by atoms with van der Waals surface area (Å²) in [6.45, 7) is 17.0. The highest BCUT2D eigenvalue weighted by Crippen LogP contribution is 2.20. The van der Waals surface area contributed by atoms with Crippen molar-refractivity contribution in [2.75, 3.05) is 0 Å². The summed E-state index contributed by atoms with van der Waals surface area (Å²) in [7, 11) is -2.09. The quantitative estimate of drug-likeness (QED) is 0.407. The van der Waals surface area contributed by atoms with E-state index in [4.69, 9.17) is 8.85 Å². The van der Waals surface area contributed by atoms with Crippen LogP contribution in [0.3, 0.4) is 0 Å². The fourth-order valence-corrected chi connectivity index (χ4v) is 5.13. The zero-order valence-corrected chi connectivity index (χ0v) is 15.7. The summed E-state index contributed by atoms with van der Waals surface area (Å²) in [5.74, 6) is 0. The molecule has 2 nitrogen and oxygen atoms in total. The molecule has 0 aromatic rings. The largest absolute Gasteiger partial charge is 0.392 e. The van der Waals surface area contributed by atoms with Gasteiger partial charge < -0.3 is 8.85 Å². The summed E-state index contributed by atoms with van der Waals surface area (Å²) in [6, 6.07) is 0.935. The minimum atomic E-state index is -2.09. The Bertz CT molecular complexity index is 316. The highest BCUT2D eigenvalue weighted by atomic mass is 28.4. The maximum Gasteiger partial charge on any atom is 0.339 e. The lowest BCUT2D eigenvalue weighted by atomic mass is 10.1. The third-order valence-electron chi connectivity index (χ3n) is 2.88. The van der Waals surface area contributed by atoms with Crippen molar-refractivity contribution in [2.45, 2.75) is 86.1 Å². The Labute approximate surface area is 127 Å². The van der Waals surface area contributed by atoms with Gasteiger partial charge in [-0.2, -0.15) is 0 Å². The van der Waals surface area contributed by atoms with Gasteiger partial charge in [-0.3, -0.25) is 0 Å². The van der Waals surface area contributed by atoms with Gasteiger partial charge in [-0.1, -0.05) is 23.3 Å². The Morgan fingerprint density at radius 1 is 0.950 bits per heavy atom. The summed E-state index contributed by atoms with van der Waals surface area (Å²) in [4.78, 5) is 0. The van der Waals surface area contributed by atoms with Crippen LogP contribution in [0.4, 0.5) is 0 Å². The van der Waals surface area contributed by atoms with Crippen LogP contribution in [-0.2, 0) is 8.85 Å². The maximum atomic E-state index is 6.10. The average molecular weight is 299 g/mol. The standard InChI is InChI=1S/C17H34O2Si/c1-14(2)10-9-11-17(7)12-13-20(8,18-15(3)4)19-16(5)6/h10,12,15-16H,9,11,13H2,1-8H3/b17-12-. The fraction of sp³-hybridized carbons (Fsp3) is 0.765. The van der Waals surface area contributed by atoms with Crippen LogP contribution >= 0.6 is 0 Å². The molecule has 0 rings (SSSR count). The summed E-state index contributed by atoms with van der Waals surface area (Å²) in [5, 5.41) is 0. The van der Waals surface area contributed by atoms with Crippen LogP contribution in [0.5, 0.6) is 0 Å². The monoisotopic (exact) mass is 298 g/mol. The number of rotatable bonds is 9. The number of hydrogen-bond donors (Lipinski definition) is 0. The van der Waals surface area contributed by atoms with Gasteiger partial charge in [-0.15, -0.1) is 0 Å². The van der Waals surface area contributed by atoms with Crippen molar-refractivity contribution in [3.05, 3.63) is 23.3 Å². The van der Waals surface area contributed by atoms with Crippen LogP contribution in [0.25, 0.3) is 0 Å². The molecule has 0 aliphatic rings. The molecule has 20 heavy (non-hydrogen) atoms. The van der Waals surface area contributed by atoms with Crippen molar-refractivity contribution >= 4 is 8.56 Å². The topological polar surface area (TPSA) is 18.5 Å². The predicted molar refractivity (Wildman–Crippen MR) is 91.3 cm³/mol. The van der Waals surface area contributed by atoms with E-state index in [2.05, 4.69) is 67.2 Å². The zero-order valence-electron chi connectivity index (χ0n) is 14.7. The van der Waals surface area contributed by atoms with Gasteiger partial charge >= 0.3 is 8.56 Å². The second kappa shape index (κ2) is 9.53. The van der Waals surface area contributed by atoms with E-state index in [0.717, 1.165) is 18.9 Å². The molecule has 0 fully saturated rings. The Morgan fingerprint density at radius 3 is 1.85 bits per heavy atom. The van der Waals surface area contributed by atoms with Gasteiger partial charge in [0.1, 0.15) is 0 Å². The van der Waals surface area contributed by atoms with E-state index in [1.165, 1.54) is 11.1 Å². The van der Waals surface area contributed by atoms with Gasteiger partial charge in [0.05, 0.1) is 0 Å². The SMILES string of the molecule is CC(C)=CCC/C(C)=C\C[Si](C)(OC(C)C)OC(C)C. The first-order valence-electron chi connectivity index (χ1n) is 7.79. The van der Waals surface area contributed by atoms with Gasteiger partial charge in [0, 0.05) is 18.3 Å². The first-order valence-corrected chi connectivity index (χ1v) is 10.3. The average Bonchev–Trinajstić information content (AvgIpc) is 2.23. The molecular weight excluding hydrogens is 264 g/mol. The lowest BCUT2D eigenvalue weighted by molar-refractivity contribution is 0.111. The second-order valence-electron chi connectivity index (χ2n) is 6.54. The molecule has 0 aliphatic carbocycles. The van der Waals surface area contributed by atoms with E-state index in [9.17, 15) is 0 Å². The summed E-state index contributed by atoms with van der Waals surface area (Å²) in [5.41, 5.74) is 2.82. The molecule has 0 unspecified atom stereocenters. The normalized spacial score (nSPS) is 13.2. The van der Waals surface area contributed by atoms with Crippen LogP contribution < -0.4 is 0 Å². The molecule has 0 saturated heterocycles. The molecular formula is C17H34O2Si. The Hall–Kier alpha value is -0.383. The zero-order chi connectivity index (χ0) is 15.8. The molecule has 0 amide bonds.